The maximum absolute atomic E-state index is 13.7. The first-order chi connectivity index (χ1) is 44.6. The molecule has 4 atom stereocenters. The number of unbranched alkanes of at least 4 members (excludes halogenated alkanes) is 32. The average Bonchev–Trinajstić information content (AvgIpc) is 0.997. The van der Waals surface area contributed by atoms with Gasteiger partial charge in [-0.1, -0.05) is 312 Å². The predicted molar refractivity (Wildman–Crippen MR) is 392 cm³/mol. The van der Waals surface area contributed by atoms with Crippen molar-refractivity contribution in [3.05, 3.63) is 0 Å². The Morgan fingerprint density at radius 2 is 0.391 bits per heavy atom. The summed E-state index contributed by atoms with van der Waals surface area (Å²) in [4.78, 5) is 64.9. The van der Waals surface area contributed by atoms with E-state index in [1.54, 1.807) is 0 Å². The Balaban J connectivity index is 3.65. The van der Waals surface area contributed by atoms with Crippen LogP contribution in [0.25, 0.3) is 0 Å². The number of carboxylic acid groups (broad SMARTS) is 4. The van der Waals surface area contributed by atoms with Gasteiger partial charge in [-0.05, 0) is 103 Å². The molecule has 1 saturated heterocycles. The summed E-state index contributed by atoms with van der Waals surface area (Å²) in [5.74, 6) is -2.59. The van der Waals surface area contributed by atoms with Crippen molar-refractivity contribution >= 4 is 23.9 Å². The third kappa shape index (κ3) is 39.2. The molecule has 0 radical (unpaired) electrons. The van der Waals surface area contributed by atoms with Gasteiger partial charge in [0.05, 0.1) is 21.7 Å². The number of rotatable bonds is 70. The predicted octanol–water partition coefficient (Wildman–Crippen LogP) is 21.9. The zero-order chi connectivity index (χ0) is 67.9. The van der Waals surface area contributed by atoms with Crippen LogP contribution in [0.4, 0.5) is 0 Å². The normalized spacial score (nSPS) is 16.0. The van der Waals surface area contributed by atoms with Crippen molar-refractivity contribution in [1.29, 1.82) is 0 Å². The maximum Gasteiger partial charge on any atom is 0.309 e. The molecular weight excluding hydrogens is 1140 g/mol. The van der Waals surface area contributed by atoms with Gasteiger partial charge in [0.25, 0.3) is 0 Å². The molecule has 0 aromatic heterocycles. The monoisotopic (exact) mass is 1300 g/mol. The molecule has 4 N–H and O–H groups in total. The van der Waals surface area contributed by atoms with Gasteiger partial charge in [0.15, 0.2) is 0 Å². The summed E-state index contributed by atoms with van der Waals surface area (Å²) in [5.41, 5.74) is -3.13. The van der Waals surface area contributed by atoms with Gasteiger partial charge in [0.2, 0.25) is 0 Å². The molecule has 0 aromatic rings. The van der Waals surface area contributed by atoms with E-state index in [1.807, 2.05) is 0 Å². The van der Waals surface area contributed by atoms with Crippen LogP contribution < -0.4 is 0 Å². The Bertz CT molecular complexity index is 1530. The molecule has 0 spiro atoms. The molecule has 1 rings (SSSR count). The van der Waals surface area contributed by atoms with Crippen LogP contribution in [0.15, 0.2) is 0 Å². The van der Waals surface area contributed by atoms with Gasteiger partial charge in [-0.3, -0.25) is 29.0 Å². The summed E-state index contributed by atoms with van der Waals surface area (Å²) in [6.45, 7) is 27.4. The number of hydrogen-bond acceptors (Lipinski definition) is 8. The van der Waals surface area contributed by atoms with Gasteiger partial charge in [-0.2, -0.15) is 0 Å². The zero-order valence-corrected chi connectivity index (χ0v) is 62.5. The summed E-state index contributed by atoms with van der Waals surface area (Å²) in [5, 5.41) is 45.0. The Morgan fingerprint density at radius 3 is 0.554 bits per heavy atom. The lowest BCUT2D eigenvalue weighted by molar-refractivity contribution is -0.152. The number of piperazine rings is 1. The fourth-order valence-electron chi connectivity index (χ4n) is 15.3. The second-order valence-corrected chi connectivity index (χ2v) is 30.0. The van der Waals surface area contributed by atoms with Crippen molar-refractivity contribution in [2.45, 2.75) is 389 Å². The number of hydrogen-bond donors (Lipinski definition) is 4. The van der Waals surface area contributed by atoms with Crippen LogP contribution in [0.3, 0.4) is 0 Å². The molecule has 12 heteroatoms. The van der Waals surface area contributed by atoms with E-state index in [2.05, 4.69) is 75.0 Å². The molecule has 1 fully saturated rings. The van der Waals surface area contributed by atoms with E-state index in [4.69, 9.17) is 0 Å². The minimum Gasteiger partial charge on any atom is -0.481 e. The average molecular weight is 1300 g/mol. The molecule has 1 heterocycles. The van der Waals surface area contributed by atoms with Crippen molar-refractivity contribution in [3.8, 4) is 0 Å². The van der Waals surface area contributed by atoms with Gasteiger partial charge >= 0.3 is 23.9 Å². The topological polar surface area (TPSA) is 162 Å². The van der Waals surface area contributed by atoms with Gasteiger partial charge in [-0.25, -0.2) is 0 Å². The van der Waals surface area contributed by atoms with Crippen molar-refractivity contribution in [3.63, 3.8) is 0 Å². The van der Waals surface area contributed by atoms with Crippen LogP contribution in [0.2, 0.25) is 0 Å². The molecule has 0 aliphatic carbocycles. The largest absolute Gasteiger partial charge is 0.481 e. The van der Waals surface area contributed by atoms with Gasteiger partial charge in [0.1, 0.15) is 0 Å². The molecule has 92 heavy (non-hydrogen) atoms. The summed E-state index contributed by atoms with van der Waals surface area (Å²) in [6, 6.07) is 0. The van der Waals surface area contributed by atoms with Crippen LogP contribution in [0.1, 0.15) is 389 Å². The molecule has 0 aromatic carbocycles. The first kappa shape index (κ1) is 87.7. The van der Waals surface area contributed by atoms with Crippen LogP contribution >= 0.6 is 0 Å². The fourth-order valence-corrected chi connectivity index (χ4v) is 15.3. The second-order valence-electron chi connectivity index (χ2n) is 30.0. The molecule has 1 aliphatic rings. The standard InChI is InChI=1S/C80H156N4O8/c1-9-17-25-33-37-45-53-77(73(85)86,49-41-29-21-13-5)57-61-81(62-58-78(74(87)88,50-42-30-22-14-6)54-46-38-34-26-18-10-2)65-67-83-69-71-84(72-70-83)68-66-82(63-59-79(75(89)90,51-43-31-23-15-7)55-47-39-35-27-19-11-3)64-60-80(76(91)92,52-44-32-24-16-8)56-48-40-36-28-20-12-4/h9-72H2,1-8H3,(H,85,86)(H,87,88)(H,89,90)(H,91,92). The van der Waals surface area contributed by atoms with Crippen LogP contribution in [-0.4, -0.2) is 142 Å². The highest BCUT2D eigenvalue weighted by Gasteiger charge is 2.42. The number of carbonyl (C=O) groups is 4. The van der Waals surface area contributed by atoms with Gasteiger partial charge in [0, 0.05) is 52.4 Å². The van der Waals surface area contributed by atoms with E-state index in [0.717, 1.165) is 232 Å². The van der Waals surface area contributed by atoms with Crippen LogP contribution in [0, 0.1) is 21.7 Å². The highest BCUT2D eigenvalue weighted by Crippen LogP contribution is 2.41. The summed E-state index contributed by atoms with van der Waals surface area (Å²) >= 11 is 0. The number of carboxylic acids is 4. The minimum absolute atomic E-state index is 0.596. The van der Waals surface area contributed by atoms with E-state index in [1.165, 1.54) is 77.0 Å². The Labute approximate surface area is 569 Å². The van der Waals surface area contributed by atoms with Crippen molar-refractivity contribution in [2.24, 2.45) is 21.7 Å². The van der Waals surface area contributed by atoms with Crippen LogP contribution in [0.5, 0.6) is 0 Å². The zero-order valence-electron chi connectivity index (χ0n) is 62.5. The number of aliphatic carboxylic acids is 4. The van der Waals surface area contributed by atoms with E-state index < -0.39 is 45.5 Å². The molecule has 544 valence electrons. The van der Waals surface area contributed by atoms with E-state index in [9.17, 15) is 39.6 Å². The Morgan fingerprint density at radius 1 is 0.239 bits per heavy atom. The lowest BCUT2D eigenvalue weighted by Crippen LogP contribution is -2.50. The quantitative estimate of drug-likeness (QED) is 0.0427. The summed E-state index contributed by atoms with van der Waals surface area (Å²) in [7, 11) is 0. The van der Waals surface area contributed by atoms with Crippen molar-refractivity contribution in [1.82, 2.24) is 19.6 Å². The summed E-state index contributed by atoms with van der Waals surface area (Å²) in [6.07, 6.45) is 52.1. The van der Waals surface area contributed by atoms with Crippen LogP contribution in [-0.2, 0) is 19.2 Å². The highest BCUT2D eigenvalue weighted by molar-refractivity contribution is 5.76. The SMILES string of the molecule is CCCCCCCCC(CCCCCC)(CCN(CCN1CCN(CCN(CCC(CCCCCC)(CCCCCCCC)C(=O)O)CCC(CCCCCC)(CCCCCCCC)C(=O)O)CC1)CCC(CCCCCC)(CCCCCCCC)C(=O)O)C(=O)O. The fraction of sp³-hybridized carbons (Fsp3) is 0.950. The molecule has 0 saturated carbocycles. The molecule has 1 aliphatic heterocycles. The minimum atomic E-state index is -0.784. The van der Waals surface area contributed by atoms with E-state index >= 15 is 0 Å². The highest BCUT2D eigenvalue weighted by atomic mass is 16.4. The molecular formula is C80H156N4O8. The number of nitrogens with zero attached hydrogens (tertiary/aromatic N) is 4. The molecule has 12 nitrogen and oxygen atoms in total. The maximum atomic E-state index is 13.7. The first-order valence-electron chi connectivity index (χ1n) is 40.4. The Kier molecular flexibility index (Phi) is 54.1. The van der Waals surface area contributed by atoms with Gasteiger partial charge < -0.3 is 30.2 Å². The lowest BCUT2D eigenvalue weighted by Gasteiger charge is -2.39. The first-order valence-corrected chi connectivity index (χ1v) is 40.4. The molecule has 4 unspecified atom stereocenters. The Hall–Kier alpha value is -2.28. The van der Waals surface area contributed by atoms with Crippen molar-refractivity contribution < 1.29 is 39.6 Å². The lowest BCUT2D eigenvalue weighted by atomic mass is 9.74. The van der Waals surface area contributed by atoms with E-state index in [-0.39, 0.29) is 0 Å². The summed E-state index contributed by atoms with van der Waals surface area (Å²) < 4.78 is 0. The third-order valence-corrected chi connectivity index (χ3v) is 22.4. The van der Waals surface area contributed by atoms with Gasteiger partial charge in [-0.15, -0.1) is 0 Å². The smallest absolute Gasteiger partial charge is 0.309 e. The molecule has 0 bridgehead atoms. The molecule has 0 amide bonds. The van der Waals surface area contributed by atoms with Crippen molar-refractivity contribution in [2.75, 3.05) is 78.5 Å². The second kappa shape index (κ2) is 56.7. The third-order valence-electron chi connectivity index (χ3n) is 22.4. The van der Waals surface area contributed by atoms with E-state index in [0.29, 0.717) is 103 Å².